The molecule has 2 aromatic rings. The SMILES string of the molecule is CCC1CC1C(=O)N1CCCC(c2ccn[nH]2)C1COC1CCC(c2ccccc2)CC1.O=C(O)C(F)(F)F. The van der Waals surface area contributed by atoms with Gasteiger partial charge in [0.05, 0.1) is 18.8 Å². The van der Waals surface area contributed by atoms with Crippen LogP contribution in [0.2, 0.25) is 0 Å². The number of H-pyrrole nitrogens is 1. The number of benzene rings is 1. The van der Waals surface area contributed by atoms with Crippen LogP contribution in [0.15, 0.2) is 42.6 Å². The number of halogens is 3. The summed E-state index contributed by atoms with van der Waals surface area (Å²) < 4.78 is 38.3. The number of rotatable bonds is 7. The fraction of sp³-hybridized carbons (Fsp3) is 0.621. The van der Waals surface area contributed by atoms with Gasteiger partial charge in [0.2, 0.25) is 5.91 Å². The topological polar surface area (TPSA) is 95.5 Å². The zero-order valence-electron chi connectivity index (χ0n) is 22.3. The van der Waals surface area contributed by atoms with Gasteiger partial charge in [-0.2, -0.15) is 18.3 Å². The summed E-state index contributed by atoms with van der Waals surface area (Å²) in [6.45, 7) is 3.71. The number of hydrogen-bond donors (Lipinski definition) is 2. The number of carbonyl (C=O) groups excluding carboxylic acids is 1. The van der Waals surface area contributed by atoms with E-state index >= 15 is 0 Å². The summed E-state index contributed by atoms with van der Waals surface area (Å²) in [7, 11) is 0. The molecule has 3 fully saturated rings. The molecule has 1 amide bonds. The lowest BCUT2D eigenvalue weighted by molar-refractivity contribution is -0.192. The number of nitrogens with one attached hydrogen (secondary N) is 1. The molecule has 5 rings (SSSR count). The lowest BCUT2D eigenvalue weighted by Crippen LogP contribution is -2.51. The molecule has 2 saturated carbocycles. The molecule has 0 radical (unpaired) electrons. The van der Waals surface area contributed by atoms with Crippen molar-refractivity contribution >= 4 is 11.9 Å². The number of aliphatic carboxylic acids is 1. The number of aromatic amines is 1. The molecule has 0 bridgehead atoms. The number of likely N-dealkylation sites (tertiary alicyclic amines) is 1. The van der Waals surface area contributed by atoms with Crippen LogP contribution in [-0.2, 0) is 14.3 Å². The Bertz CT molecular complexity index is 1060. The minimum atomic E-state index is -5.08. The highest BCUT2D eigenvalue weighted by Gasteiger charge is 2.47. The first kappa shape index (κ1) is 29.1. The molecule has 2 heterocycles. The van der Waals surface area contributed by atoms with Gasteiger partial charge in [0.1, 0.15) is 0 Å². The smallest absolute Gasteiger partial charge is 0.475 e. The van der Waals surface area contributed by atoms with E-state index in [1.54, 1.807) is 0 Å². The zero-order chi connectivity index (χ0) is 28.0. The van der Waals surface area contributed by atoms with Crippen molar-refractivity contribution in [3.63, 3.8) is 0 Å². The summed E-state index contributed by atoms with van der Waals surface area (Å²) in [5, 5.41) is 14.5. The van der Waals surface area contributed by atoms with E-state index in [1.165, 1.54) is 18.4 Å². The zero-order valence-corrected chi connectivity index (χ0v) is 22.3. The highest BCUT2D eigenvalue weighted by molar-refractivity contribution is 5.82. The van der Waals surface area contributed by atoms with Crippen molar-refractivity contribution in [2.75, 3.05) is 13.2 Å². The van der Waals surface area contributed by atoms with Gasteiger partial charge in [-0.3, -0.25) is 9.89 Å². The van der Waals surface area contributed by atoms with Crippen molar-refractivity contribution in [1.82, 2.24) is 15.1 Å². The van der Waals surface area contributed by atoms with Crippen LogP contribution < -0.4 is 0 Å². The van der Waals surface area contributed by atoms with Crippen LogP contribution in [0.4, 0.5) is 13.2 Å². The largest absolute Gasteiger partial charge is 0.490 e. The Kier molecular flexibility index (Phi) is 9.69. The Labute approximate surface area is 227 Å². The molecule has 2 aliphatic carbocycles. The molecule has 0 spiro atoms. The number of carboxylic acids is 1. The van der Waals surface area contributed by atoms with Gasteiger partial charge in [-0.15, -0.1) is 0 Å². The third kappa shape index (κ3) is 7.62. The number of alkyl halides is 3. The van der Waals surface area contributed by atoms with Crippen LogP contribution in [0.1, 0.15) is 81.4 Å². The van der Waals surface area contributed by atoms with Gasteiger partial charge in [0.15, 0.2) is 0 Å². The Morgan fingerprint density at radius 2 is 1.79 bits per heavy atom. The summed E-state index contributed by atoms with van der Waals surface area (Å²) in [6.07, 6.45) is 5.95. The van der Waals surface area contributed by atoms with E-state index in [1.807, 2.05) is 6.20 Å². The van der Waals surface area contributed by atoms with Crippen LogP contribution in [0.3, 0.4) is 0 Å². The predicted molar refractivity (Wildman–Crippen MR) is 139 cm³/mol. The summed E-state index contributed by atoms with van der Waals surface area (Å²) >= 11 is 0. The average Bonchev–Trinajstić information content (AvgIpc) is 3.54. The molecule has 1 aromatic heterocycles. The first-order chi connectivity index (χ1) is 18.7. The number of carboxylic acid groups (broad SMARTS) is 1. The molecule has 2 N–H and O–H groups in total. The monoisotopic (exact) mass is 549 g/mol. The maximum absolute atomic E-state index is 13.4. The van der Waals surface area contributed by atoms with Crippen LogP contribution in [-0.4, -0.2) is 63.6 Å². The normalized spacial score (nSPS) is 28.8. The lowest BCUT2D eigenvalue weighted by Gasteiger charge is -2.42. The second-order valence-corrected chi connectivity index (χ2v) is 10.9. The molecule has 39 heavy (non-hydrogen) atoms. The average molecular weight is 550 g/mol. The highest BCUT2D eigenvalue weighted by Crippen LogP contribution is 2.44. The standard InChI is InChI=1S/C27H37N3O2.C2HF3O2/c1-2-19-17-24(19)27(31)30-16-6-9-23(25-14-15-28-29-25)26(30)18-32-22-12-10-21(11-13-22)20-7-4-3-5-8-20;3-2(4,5)1(6)7/h3-5,7-8,14-15,19,21-24,26H,2,6,9-13,16-18H2,1H3,(H,28,29);(H,6,7). The van der Waals surface area contributed by atoms with Gasteiger partial charge < -0.3 is 14.7 Å². The molecule has 4 atom stereocenters. The van der Waals surface area contributed by atoms with Gasteiger partial charge >= 0.3 is 12.1 Å². The van der Waals surface area contributed by atoms with Crippen molar-refractivity contribution in [1.29, 1.82) is 0 Å². The molecular weight excluding hydrogens is 511 g/mol. The van der Waals surface area contributed by atoms with Crippen LogP contribution in [0.5, 0.6) is 0 Å². The van der Waals surface area contributed by atoms with E-state index in [9.17, 15) is 18.0 Å². The number of piperidine rings is 1. The summed E-state index contributed by atoms with van der Waals surface area (Å²) in [5.41, 5.74) is 2.61. The molecule has 1 aliphatic heterocycles. The Hall–Kier alpha value is -2.88. The van der Waals surface area contributed by atoms with Crippen molar-refractivity contribution in [2.24, 2.45) is 11.8 Å². The van der Waals surface area contributed by atoms with E-state index in [4.69, 9.17) is 14.6 Å². The third-order valence-corrected chi connectivity index (χ3v) is 8.44. The van der Waals surface area contributed by atoms with Crippen molar-refractivity contribution < 1.29 is 32.6 Å². The maximum atomic E-state index is 13.4. The summed E-state index contributed by atoms with van der Waals surface area (Å²) in [5.74, 6) is -0.624. The van der Waals surface area contributed by atoms with Crippen molar-refractivity contribution in [3.05, 3.63) is 53.9 Å². The quantitative estimate of drug-likeness (QED) is 0.448. The van der Waals surface area contributed by atoms with Crippen LogP contribution in [0, 0.1) is 11.8 Å². The molecule has 3 aliphatic rings. The summed E-state index contributed by atoms with van der Waals surface area (Å²) in [6, 6.07) is 13.1. The summed E-state index contributed by atoms with van der Waals surface area (Å²) in [4.78, 5) is 24.4. The van der Waals surface area contributed by atoms with Crippen molar-refractivity contribution in [3.8, 4) is 0 Å². The minimum Gasteiger partial charge on any atom is -0.475 e. The van der Waals surface area contributed by atoms with Crippen LogP contribution in [0.25, 0.3) is 0 Å². The number of aromatic nitrogens is 2. The van der Waals surface area contributed by atoms with E-state index in [0.29, 0.717) is 30.5 Å². The number of amides is 1. The second-order valence-electron chi connectivity index (χ2n) is 10.9. The molecule has 4 unspecified atom stereocenters. The second kappa shape index (κ2) is 13.0. The number of hydrogen-bond acceptors (Lipinski definition) is 4. The molecule has 1 saturated heterocycles. The molecule has 1 aromatic carbocycles. The lowest BCUT2D eigenvalue weighted by atomic mass is 9.82. The van der Waals surface area contributed by atoms with E-state index in [0.717, 1.165) is 50.8 Å². The fourth-order valence-corrected chi connectivity index (χ4v) is 6.11. The molecular formula is C29H38F3N3O4. The van der Waals surface area contributed by atoms with Gasteiger partial charge in [0.25, 0.3) is 0 Å². The Morgan fingerprint density at radius 3 is 2.36 bits per heavy atom. The van der Waals surface area contributed by atoms with Gasteiger partial charge in [0, 0.05) is 30.3 Å². The van der Waals surface area contributed by atoms with Gasteiger partial charge in [-0.05, 0) is 68.4 Å². The maximum Gasteiger partial charge on any atom is 0.490 e. The molecule has 7 nitrogen and oxygen atoms in total. The van der Waals surface area contributed by atoms with E-state index in [-0.39, 0.29) is 17.9 Å². The number of nitrogens with zero attached hydrogens (tertiary/aromatic N) is 2. The number of carbonyl (C=O) groups is 2. The third-order valence-electron chi connectivity index (χ3n) is 8.44. The van der Waals surface area contributed by atoms with Crippen LogP contribution >= 0.6 is 0 Å². The highest BCUT2D eigenvalue weighted by atomic mass is 19.4. The molecule has 10 heteroatoms. The molecule has 214 valence electrons. The Balaban J connectivity index is 0.000000448. The minimum absolute atomic E-state index is 0.113. The Morgan fingerprint density at radius 1 is 1.10 bits per heavy atom. The first-order valence-electron chi connectivity index (χ1n) is 13.9. The fourth-order valence-electron chi connectivity index (χ4n) is 6.11. The van der Waals surface area contributed by atoms with Crippen molar-refractivity contribution in [2.45, 2.75) is 88.4 Å². The van der Waals surface area contributed by atoms with E-state index < -0.39 is 12.1 Å². The van der Waals surface area contributed by atoms with Gasteiger partial charge in [-0.1, -0.05) is 43.7 Å². The predicted octanol–water partition coefficient (Wildman–Crippen LogP) is 5.91. The first-order valence-corrected chi connectivity index (χ1v) is 13.9. The van der Waals surface area contributed by atoms with Gasteiger partial charge in [-0.25, -0.2) is 4.79 Å². The van der Waals surface area contributed by atoms with E-state index in [2.05, 4.69) is 58.4 Å². The number of ether oxygens (including phenoxy) is 1.